The second-order valence-corrected chi connectivity index (χ2v) is 8.33. The summed E-state index contributed by atoms with van der Waals surface area (Å²) in [6.45, 7) is 1.78. The van der Waals surface area contributed by atoms with Crippen molar-refractivity contribution in [2.24, 2.45) is 0 Å². The zero-order chi connectivity index (χ0) is 21.0. The molecule has 3 aromatic rings. The van der Waals surface area contributed by atoms with Crippen LogP contribution in [0.2, 0.25) is 5.02 Å². The van der Waals surface area contributed by atoms with Crippen LogP contribution in [0.3, 0.4) is 0 Å². The van der Waals surface area contributed by atoms with Gasteiger partial charge in [-0.25, -0.2) is 9.59 Å². The quantitative estimate of drug-likeness (QED) is 0.499. The summed E-state index contributed by atoms with van der Waals surface area (Å²) in [6, 6.07) is 12.0. The van der Waals surface area contributed by atoms with Crippen molar-refractivity contribution in [1.82, 2.24) is 10.2 Å². The van der Waals surface area contributed by atoms with Crippen LogP contribution in [-0.4, -0.2) is 16.8 Å². The summed E-state index contributed by atoms with van der Waals surface area (Å²) in [4.78, 5) is 39.7. The minimum absolute atomic E-state index is 0.0317. The topological polar surface area (TPSA) is 79.6 Å². The van der Waals surface area contributed by atoms with Gasteiger partial charge in [-0.1, -0.05) is 35.9 Å². The lowest BCUT2D eigenvalue weighted by Gasteiger charge is -2.33. The Kier molecular flexibility index (Phi) is 4.22. The highest BCUT2D eigenvalue weighted by Gasteiger charge is 2.53. The van der Waals surface area contributed by atoms with E-state index in [1.54, 1.807) is 12.1 Å². The number of carbonyl (C=O) groups excluding carboxylic acids is 2. The minimum Gasteiger partial charge on any atom is -0.423 e. The molecule has 2 aromatic carbocycles. The molecule has 0 bridgehead atoms. The van der Waals surface area contributed by atoms with Crippen molar-refractivity contribution in [3.05, 3.63) is 80.2 Å². The second kappa shape index (κ2) is 6.71. The summed E-state index contributed by atoms with van der Waals surface area (Å²) >= 11 is 6.27. The third-order valence-electron chi connectivity index (χ3n) is 6.09. The zero-order valence-electron chi connectivity index (χ0n) is 16.3. The van der Waals surface area contributed by atoms with Gasteiger partial charge in [0.15, 0.2) is 0 Å². The molecule has 1 aliphatic carbocycles. The first-order valence-corrected chi connectivity index (χ1v) is 10.2. The molecule has 1 fully saturated rings. The van der Waals surface area contributed by atoms with Crippen molar-refractivity contribution in [2.75, 3.05) is 0 Å². The van der Waals surface area contributed by atoms with Crippen molar-refractivity contribution < 1.29 is 14.0 Å². The van der Waals surface area contributed by atoms with E-state index < -0.39 is 17.2 Å². The van der Waals surface area contributed by atoms with E-state index in [4.69, 9.17) is 16.0 Å². The van der Waals surface area contributed by atoms with Crippen molar-refractivity contribution in [2.45, 2.75) is 38.3 Å². The van der Waals surface area contributed by atoms with Crippen LogP contribution in [-0.2, 0) is 23.3 Å². The molecule has 3 amide bonds. The molecule has 0 saturated carbocycles. The monoisotopic (exact) mass is 422 g/mol. The number of nitrogens with zero attached hydrogens (tertiary/aromatic N) is 1. The Morgan fingerprint density at radius 1 is 1.17 bits per heavy atom. The number of aryl methyl sites for hydroxylation is 2. The van der Waals surface area contributed by atoms with Crippen LogP contribution in [0.5, 0.6) is 0 Å². The highest BCUT2D eigenvalue weighted by Crippen LogP contribution is 2.40. The van der Waals surface area contributed by atoms with Gasteiger partial charge >= 0.3 is 11.7 Å². The number of benzene rings is 2. The first-order valence-electron chi connectivity index (χ1n) is 9.84. The van der Waals surface area contributed by atoms with E-state index in [0.717, 1.165) is 29.5 Å². The first kappa shape index (κ1) is 18.9. The Balaban J connectivity index is 1.58. The van der Waals surface area contributed by atoms with E-state index >= 15 is 0 Å². The van der Waals surface area contributed by atoms with Gasteiger partial charge in [0.25, 0.3) is 5.91 Å². The maximum Gasteiger partial charge on any atom is 0.336 e. The van der Waals surface area contributed by atoms with Crippen LogP contribution in [0.15, 0.2) is 51.7 Å². The van der Waals surface area contributed by atoms with Gasteiger partial charge in [-0.2, -0.15) is 0 Å². The Labute approximate surface area is 177 Å². The molecule has 1 aromatic heterocycles. The van der Waals surface area contributed by atoms with Crippen LogP contribution >= 0.6 is 11.6 Å². The van der Waals surface area contributed by atoms with Crippen molar-refractivity contribution in [3.8, 4) is 0 Å². The van der Waals surface area contributed by atoms with Crippen LogP contribution in [0, 0.1) is 6.92 Å². The summed E-state index contributed by atoms with van der Waals surface area (Å²) in [5, 5.41) is 4.07. The zero-order valence-corrected chi connectivity index (χ0v) is 17.1. The third-order valence-corrected chi connectivity index (χ3v) is 6.50. The number of nitrogens with one attached hydrogen (secondary N) is 1. The fourth-order valence-corrected chi connectivity index (χ4v) is 4.77. The molecule has 1 aliphatic heterocycles. The number of hydrogen-bond donors (Lipinski definition) is 1. The molecule has 1 spiro atoms. The predicted molar refractivity (Wildman–Crippen MR) is 112 cm³/mol. The van der Waals surface area contributed by atoms with Crippen molar-refractivity contribution >= 4 is 34.5 Å². The van der Waals surface area contributed by atoms with E-state index in [1.807, 2.05) is 31.2 Å². The maximum atomic E-state index is 13.5. The molecular formula is C23H19ClN2O4. The highest BCUT2D eigenvalue weighted by atomic mass is 35.5. The number of fused-ring (bicyclic) bond motifs is 3. The molecular weight excluding hydrogens is 404 g/mol. The minimum atomic E-state index is -1.05. The average molecular weight is 423 g/mol. The molecule has 5 rings (SSSR count). The van der Waals surface area contributed by atoms with Gasteiger partial charge in [0.2, 0.25) is 0 Å². The average Bonchev–Trinajstić information content (AvgIpc) is 2.94. The number of halogens is 1. The van der Waals surface area contributed by atoms with Crippen LogP contribution in [0.4, 0.5) is 4.79 Å². The lowest BCUT2D eigenvalue weighted by Crippen LogP contribution is -2.46. The molecule has 1 N–H and O–H groups in total. The fourth-order valence-electron chi connectivity index (χ4n) is 4.60. The van der Waals surface area contributed by atoms with Crippen molar-refractivity contribution in [3.63, 3.8) is 0 Å². The summed E-state index contributed by atoms with van der Waals surface area (Å²) < 4.78 is 5.29. The summed E-state index contributed by atoms with van der Waals surface area (Å²) in [5.74, 6) is -0.292. The predicted octanol–water partition coefficient (Wildman–Crippen LogP) is 4.04. The van der Waals surface area contributed by atoms with Crippen LogP contribution in [0.25, 0.3) is 11.0 Å². The molecule has 6 nitrogen and oxygen atoms in total. The van der Waals surface area contributed by atoms with Gasteiger partial charge in [0.05, 0.1) is 6.54 Å². The molecule has 2 aliphatic rings. The standard InChI is InChI=1S/C23H19ClN2O4/c1-13-9-19-16(11-18(13)24)15(10-20(27)30-19)12-26-21(28)23(25-22(26)29)8-4-6-14-5-2-3-7-17(14)23/h2-3,5,7,9-11H,4,6,8,12H2,1H3,(H,25,29)/t23-/m1/s1. The molecule has 2 heterocycles. The van der Waals surface area contributed by atoms with Gasteiger partial charge in [-0.3, -0.25) is 9.69 Å². The number of urea groups is 1. The molecule has 7 heteroatoms. The fraction of sp³-hybridized carbons (Fsp3) is 0.261. The van der Waals surface area contributed by atoms with E-state index in [9.17, 15) is 14.4 Å². The number of imide groups is 1. The Hall–Kier alpha value is -3.12. The maximum absolute atomic E-state index is 13.5. The molecule has 0 radical (unpaired) electrons. The normalized spacial score (nSPS) is 20.7. The Morgan fingerprint density at radius 2 is 1.97 bits per heavy atom. The number of rotatable bonds is 2. The van der Waals surface area contributed by atoms with E-state index in [0.29, 0.717) is 28.0 Å². The van der Waals surface area contributed by atoms with Gasteiger partial charge < -0.3 is 9.73 Å². The van der Waals surface area contributed by atoms with Gasteiger partial charge in [-0.15, -0.1) is 0 Å². The number of amides is 3. The molecule has 1 atom stereocenters. The van der Waals surface area contributed by atoms with E-state index in [2.05, 4.69) is 5.32 Å². The largest absolute Gasteiger partial charge is 0.423 e. The molecule has 30 heavy (non-hydrogen) atoms. The third kappa shape index (κ3) is 2.75. The van der Waals surface area contributed by atoms with Crippen molar-refractivity contribution in [1.29, 1.82) is 0 Å². The lowest BCUT2D eigenvalue weighted by atomic mass is 9.76. The van der Waals surface area contributed by atoms with Crippen LogP contribution < -0.4 is 10.9 Å². The molecule has 152 valence electrons. The molecule has 1 saturated heterocycles. The second-order valence-electron chi connectivity index (χ2n) is 7.93. The highest BCUT2D eigenvalue weighted by molar-refractivity contribution is 6.32. The molecule has 0 unspecified atom stereocenters. The Bertz CT molecular complexity index is 1280. The smallest absolute Gasteiger partial charge is 0.336 e. The van der Waals surface area contributed by atoms with Gasteiger partial charge in [0, 0.05) is 16.5 Å². The van der Waals surface area contributed by atoms with Crippen LogP contribution in [0.1, 0.15) is 35.1 Å². The summed E-state index contributed by atoms with van der Waals surface area (Å²) in [7, 11) is 0. The van der Waals surface area contributed by atoms with E-state index in [1.165, 1.54) is 11.0 Å². The first-order chi connectivity index (χ1) is 14.4. The van der Waals surface area contributed by atoms with Gasteiger partial charge in [-0.05, 0) is 60.6 Å². The number of hydrogen-bond acceptors (Lipinski definition) is 4. The summed E-state index contributed by atoms with van der Waals surface area (Å²) in [5.41, 5.74) is 2.02. The summed E-state index contributed by atoms with van der Waals surface area (Å²) in [6.07, 6.45) is 2.24. The Morgan fingerprint density at radius 3 is 2.80 bits per heavy atom. The lowest BCUT2D eigenvalue weighted by molar-refractivity contribution is -0.132. The SMILES string of the molecule is Cc1cc2oc(=O)cc(CN3C(=O)N[C@@]4(CCCc5ccccc54)C3=O)c2cc1Cl. The van der Waals surface area contributed by atoms with Gasteiger partial charge in [0.1, 0.15) is 11.1 Å². The van der Waals surface area contributed by atoms with E-state index in [-0.39, 0.29) is 12.5 Å². The number of carbonyl (C=O) groups is 2.